The molecule has 118 valence electrons. The van der Waals surface area contributed by atoms with Gasteiger partial charge in [0.1, 0.15) is 17.8 Å². The number of carboxylic acid groups (broad SMARTS) is 1. The number of carbonyl (C=O) groups is 3. The van der Waals surface area contributed by atoms with Crippen LogP contribution < -0.4 is 15.0 Å². The molecule has 22 heavy (non-hydrogen) atoms. The maximum Gasteiger partial charge on any atom is 0.328 e. The highest BCUT2D eigenvalue weighted by Gasteiger charge is 2.34. The van der Waals surface area contributed by atoms with Gasteiger partial charge in [0, 0.05) is 0 Å². The Kier molecular flexibility index (Phi) is 4.07. The van der Waals surface area contributed by atoms with Gasteiger partial charge in [0.2, 0.25) is 5.91 Å². The summed E-state index contributed by atoms with van der Waals surface area (Å²) in [7, 11) is 0. The highest BCUT2D eigenvalue weighted by molar-refractivity contribution is 6.04. The van der Waals surface area contributed by atoms with Gasteiger partial charge >= 0.3 is 5.97 Å². The van der Waals surface area contributed by atoms with Gasteiger partial charge in [0.25, 0.3) is 5.91 Å². The Morgan fingerprint density at radius 1 is 1.36 bits per heavy atom. The molecule has 2 amide bonds. The molecule has 1 unspecified atom stereocenters. The number of benzene rings is 1. The second kappa shape index (κ2) is 5.67. The number of carbonyl (C=O) groups excluding carboxylic acids is 2. The van der Waals surface area contributed by atoms with Crippen LogP contribution in [-0.4, -0.2) is 41.1 Å². The molecule has 0 bridgehead atoms. The smallest absolute Gasteiger partial charge is 0.328 e. The summed E-state index contributed by atoms with van der Waals surface area (Å²) in [6.07, 6.45) is -0.699. The molecule has 7 heteroatoms. The van der Waals surface area contributed by atoms with E-state index in [0.29, 0.717) is 11.4 Å². The molecule has 2 rings (SSSR count). The third-order valence-corrected chi connectivity index (χ3v) is 3.36. The fourth-order valence-electron chi connectivity index (χ4n) is 2.11. The predicted octanol–water partition coefficient (Wildman–Crippen LogP) is 0.780. The molecule has 1 heterocycles. The maximum absolute atomic E-state index is 12.2. The minimum absolute atomic E-state index is 0.264. The number of fused-ring (bicyclic) bond motifs is 1. The van der Waals surface area contributed by atoms with Crippen LogP contribution in [0.25, 0.3) is 0 Å². The van der Waals surface area contributed by atoms with Crippen molar-refractivity contribution < 1.29 is 24.2 Å². The van der Waals surface area contributed by atoms with E-state index < -0.39 is 23.5 Å². The fraction of sp³-hybridized carbons (Fsp3) is 0.400. The van der Waals surface area contributed by atoms with Crippen LogP contribution in [0.15, 0.2) is 24.3 Å². The SMILES string of the molecule is CC1Oc2ccccc2N(CC(=O)NC(C)(C)C(=O)O)C1=O. The van der Waals surface area contributed by atoms with Crippen molar-refractivity contribution in [2.75, 3.05) is 11.4 Å². The van der Waals surface area contributed by atoms with Crippen molar-refractivity contribution in [2.45, 2.75) is 32.4 Å². The molecule has 0 fully saturated rings. The number of amides is 2. The Morgan fingerprint density at radius 3 is 2.64 bits per heavy atom. The summed E-state index contributed by atoms with van der Waals surface area (Å²) >= 11 is 0. The lowest BCUT2D eigenvalue weighted by atomic mass is 10.1. The molecule has 1 atom stereocenters. The second-order valence-corrected chi connectivity index (χ2v) is 5.63. The van der Waals surface area contributed by atoms with E-state index in [1.54, 1.807) is 31.2 Å². The molecule has 2 N–H and O–H groups in total. The zero-order valence-corrected chi connectivity index (χ0v) is 12.6. The Labute approximate surface area is 127 Å². The van der Waals surface area contributed by atoms with Gasteiger partial charge in [-0.25, -0.2) is 4.79 Å². The lowest BCUT2D eigenvalue weighted by Gasteiger charge is -2.33. The van der Waals surface area contributed by atoms with Crippen LogP contribution >= 0.6 is 0 Å². The quantitative estimate of drug-likeness (QED) is 0.857. The zero-order valence-electron chi connectivity index (χ0n) is 12.6. The summed E-state index contributed by atoms with van der Waals surface area (Å²) in [6, 6.07) is 6.89. The molecular weight excluding hydrogens is 288 g/mol. The summed E-state index contributed by atoms with van der Waals surface area (Å²) < 4.78 is 5.48. The molecule has 1 aromatic rings. The van der Waals surface area contributed by atoms with Crippen LogP contribution in [0, 0.1) is 0 Å². The first-order valence-corrected chi connectivity index (χ1v) is 6.84. The second-order valence-electron chi connectivity index (χ2n) is 5.63. The fourth-order valence-corrected chi connectivity index (χ4v) is 2.11. The molecule has 0 aliphatic carbocycles. The van der Waals surface area contributed by atoms with Crippen molar-refractivity contribution in [3.63, 3.8) is 0 Å². The largest absolute Gasteiger partial charge is 0.480 e. The Balaban J connectivity index is 2.20. The van der Waals surface area contributed by atoms with E-state index in [9.17, 15) is 14.4 Å². The van der Waals surface area contributed by atoms with Crippen molar-refractivity contribution >= 4 is 23.5 Å². The van der Waals surface area contributed by atoms with Gasteiger partial charge in [-0.1, -0.05) is 12.1 Å². The molecule has 1 aliphatic heterocycles. The summed E-state index contributed by atoms with van der Waals surface area (Å²) in [5.41, 5.74) is -0.911. The summed E-state index contributed by atoms with van der Waals surface area (Å²) in [5.74, 6) is -1.53. The van der Waals surface area contributed by atoms with E-state index in [0.717, 1.165) is 0 Å². The Hall–Kier alpha value is -2.57. The molecule has 7 nitrogen and oxygen atoms in total. The average Bonchev–Trinajstić information content (AvgIpc) is 2.43. The van der Waals surface area contributed by atoms with E-state index >= 15 is 0 Å². The van der Waals surface area contributed by atoms with Gasteiger partial charge < -0.3 is 15.2 Å². The normalized spacial score (nSPS) is 17.5. The lowest BCUT2D eigenvalue weighted by Crippen LogP contribution is -2.55. The Morgan fingerprint density at radius 2 is 2.00 bits per heavy atom. The highest BCUT2D eigenvalue weighted by atomic mass is 16.5. The topological polar surface area (TPSA) is 95.9 Å². The van der Waals surface area contributed by atoms with Gasteiger partial charge in [-0.3, -0.25) is 14.5 Å². The molecule has 0 aromatic heterocycles. The standard InChI is InChI=1S/C15H18N2O5/c1-9-13(19)17(10-6-4-5-7-11(10)22-9)8-12(18)16-15(2,3)14(20)21/h4-7,9H,8H2,1-3H3,(H,16,18)(H,20,21). The van der Waals surface area contributed by atoms with Crippen LogP contribution in [-0.2, 0) is 14.4 Å². The lowest BCUT2D eigenvalue weighted by molar-refractivity contribution is -0.145. The number of aliphatic carboxylic acids is 1. The van der Waals surface area contributed by atoms with Gasteiger partial charge in [-0.15, -0.1) is 0 Å². The van der Waals surface area contributed by atoms with E-state index in [4.69, 9.17) is 9.84 Å². The van der Waals surface area contributed by atoms with Crippen molar-refractivity contribution in [1.29, 1.82) is 0 Å². The molecule has 1 aromatic carbocycles. The highest BCUT2D eigenvalue weighted by Crippen LogP contribution is 2.33. The minimum Gasteiger partial charge on any atom is -0.480 e. The van der Waals surface area contributed by atoms with Crippen LogP contribution in [0.1, 0.15) is 20.8 Å². The molecule has 0 radical (unpaired) electrons. The number of anilines is 1. The van der Waals surface area contributed by atoms with Gasteiger partial charge in [-0.05, 0) is 32.9 Å². The summed E-state index contributed by atoms with van der Waals surface area (Å²) in [6.45, 7) is 4.10. The van der Waals surface area contributed by atoms with Crippen molar-refractivity contribution in [1.82, 2.24) is 5.32 Å². The van der Waals surface area contributed by atoms with Crippen LogP contribution in [0.4, 0.5) is 5.69 Å². The van der Waals surface area contributed by atoms with E-state index in [1.165, 1.54) is 18.7 Å². The molecule has 1 aliphatic rings. The third kappa shape index (κ3) is 3.03. The first kappa shape index (κ1) is 15.8. The third-order valence-electron chi connectivity index (χ3n) is 3.36. The molecule has 0 saturated heterocycles. The van der Waals surface area contributed by atoms with Gasteiger partial charge in [0.15, 0.2) is 6.10 Å². The summed E-state index contributed by atoms with van der Waals surface area (Å²) in [5, 5.41) is 11.4. The molecule has 0 saturated carbocycles. The number of carboxylic acids is 1. The number of nitrogens with one attached hydrogen (secondary N) is 1. The molecular formula is C15H18N2O5. The molecule has 0 spiro atoms. The van der Waals surface area contributed by atoms with Crippen molar-refractivity contribution in [3.8, 4) is 5.75 Å². The van der Waals surface area contributed by atoms with E-state index in [-0.39, 0.29) is 12.5 Å². The number of ether oxygens (including phenoxy) is 1. The van der Waals surface area contributed by atoms with Gasteiger partial charge in [0.05, 0.1) is 5.69 Å². The monoisotopic (exact) mass is 306 g/mol. The van der Waals surface area contributed by atoms with E-state index in [1.807, 2.05) is 0 Å². The average molecular weight is 306 g/mol. The number of rotatable bonds is 4. The van der Waals surface area contributed by atoms with Crippen LogP contribution in [0.2, 0.25) is 0 Å². The van der Waals surface area contributed by atoms with Crippen molar-refractivity contribution in [3.05, 3.63) is 24.3 Å². The maximum atomic E-state index is 12.2. The number of para-hydroxylation sites is 2. The first-order chi connectivity index (χ1) is 10.2. The Bertz CT molecular complexity index is 626. The minimum atomic E-state index is -1.41. The summed E-state index contributed by atoms with van der Waals surface area (Å²) in [4.78, 5) is 36.7. The van der Waals surface area contributed by atoms with Crippen LogP contribution in [0.5, 0.6) is 5.75 Å². The number of nitrogens with zero attached hydrogens (tertiary/aromatic N) is 1. The van der Waals surface area contributed by atoms with Crippen molar-refractivity contribution in [2.24, 2.45) is 0 Å². The first-order valence-electron chi connectivity index (χ1n) is 6.84. The zero-order chi connectivity index (χ0) is 16.5. The van der Waals surface area contributed by atoms with E-state index in [2.05, 4.69) is 5.32 Å². The van der Waals surface area contributed by atoms with Gasteiger partial charge in [-0.2, -0.15) is 0 Å². The number of hydrogen-bond donors (Lipinski definition) is 2. The predicted molar refractivity (Wildman–Crippen MR) is 78.7 cm³/mol. The van der Waals surface area contributed by atoms with Crippen LogP contribution in [0.3, 0.4) is 0 Å². The number of hydrogen-bond acceptors (Lipinski definition) is 4.